The van der Waals surface area contributed by atoms with Crippen LogP contribution in [0.4, 0.5) is 5.82 Å². The minimum Gasteiger partial charge on any atom is -0.490 e. The van der Waals surface area contributed by atoms with Gasteiger partial charge in [0.2, 0.25) is 11.0 Å². The van der Waals surface area contributed by atoms with E-state index in [2.05, 4.69) is 16.5 Å². The normalized spacial score (nSPS) is 18.8. The number of anilines is 1. The van der Waals surface area contributed by atoms with Gasteiger partial charge in [-0.25, -0.2) is 4.98 Å². The van der Waals surface area contributed by atoms with Crippen molar-refractivity contribution < 1.29 is 9.53 Å². The highest BCUT2D eigenvalue weighted by Crippen LogP contribution is 2.42. The van der Waals surface area contributed by atoms with E-state index in [-0.39, 0.29) is 17.9 Å². The van der Waals surface area contributed by atoms with E-state index < -0.39 is 0 Å². The maximum Gasteiger partial charge on any atom is 0.226 e. The Bertz CT molecular complexity index is 1240. The van der Waals surface area contributed by atoms with E-state index in [9.17, 15) is 4.79 Å². The van der Waals surface area contributed by atoms with Gasteiger partial charge in [-0.1, -0.05) is 41.7 Å². The molecule has 1 aliphatic heterocycles. The first kappa shape index (κ1) is 18.6. The van der Waals surface area contributed by atoms with E-state index in [0.717, 1.165) is 45.1 Å². The van der Waals surface area contributed by atoms with E-state index in [1.165, 1.54) is 12.8 Å². The SMILES string of the molecule is O=C1C[C@H](c2ccccc2OC2CCCC2)c2cnn(-c3nc4ccccc4s3)c2N1. The number of fused-ring (bicyclic) bond motifs is 2. The Hall–Kier alpha value is -3.19. The van der Waals surface area contributed by atoms with E-state index in [1.54, 1.807) is 16.0 Å². The lowest BCUT2D eigenvalue weighted by Crippen LogP contribution is -2.25. The number of ether oxygens (including phenoxy) is 1. The topological polar surface area (TPSA) is 69.0 Å². The zero-order chi connectivity index (χ0) is 20.8. The van der Waals surface area contributed by atoms with Crippen molar-refractivity contribution in [2.24, 2.45) is 0 Å². The predicted molar refractivity (Wildman–Crippen MR) is 121 cm³/mol. The van der Waals surface area contributed by atoms with Crippen molar-refractivity contribution in [3.8, 4) is 10.9 Å². The number of amides is 1. The second-order valence-electron chi connectivity index (χ2n) is 8.19. The van der Waals surface area contributed by atoms with Crippen molar-refractivity contribution in [1.82, 2.24) is 14.8 Å². The van der Waals surface area contributed by atoms with Crippen molar-refractivity contribution in [3.63, 3.8) is 0 Å². The summed E-state index contributed by atoms with van der Waals surface area (Å²) in [5.41, 5.74) is 2.98. The van der Waals surface area contributed by atoms with Gasteiger partial charge in [0, 0.05) is 23.5 Å². The molecule has 2 aromatic heterocycles. The molecule has 0 unspecified atom stereocenters. The van der Waals surface area contributed by atoms with Crippen molar-refractivity contribution in [1.29, 1.82) is 0 Å². The maximum atomic E-state index is 12.7. The summed E-state index contributed by atoms with van der Waals surface area (Å²) in [5.74, 6) is 1.48. The molecular weight excluding hydrogens is 408 g/mol. The summed E-state index contributed by atoms with van der Waals surface area (Å²) in [6.45, 7) is 0. The van der Waals surface area contributed by atoms with Crippen molar-refractivity contribution in [2.45, 2.75) is 44.1 Å². The number of hydrogen-bond acceptors (Lipinski definition) is 5. The number of rotatable bonds is 4. The summed E-state index contributed by atoms with van der Waals surface area (Å²) in [5, 5.41) is 8.40. The molecule has 31 heavy (non-hydrogen) atoms. The van der Waals surface area contributed by atoms with Crippen LogP contribution in [0, 0.1) is 0 Å². The van der Waals surface area contributed by atoms with Gasteiger partial charge >= 0.3 is 0 Å². The van der Waals surface area contributed by atoms with Gasteiger partial charge < -0.3 is 10.1 Å². The van der Waals surface area contributed by atoms with Crippen LogP contribution in [-0.4, -0.2) is 26.8 Å². The largest absolute Gasteiger partial charge is 0.490 e. The number of aromatic nitrogens is 3. The van der Waals surface area contributed by atoms with Gasteiger partial charge in [-0.15, -0.1) is 0 Å². The molecule has 1 fully saturated rings. The van der Waals surface area contributed by atoms with E-state index >= 15 is 0 Å². The van der Waals surface area contributed by atoms with Gasteiger partial charge in [0.25, 0.3) is 0 Å². The summed E-state index contributed by atoms with van der Waals surface area (Å²) in [6.07, 6.45) is 7.14. The zero-order valence-corrected chi connectivity index (χ0v) is 17.8. The molecular formula is C24H22N4O2S. The lowest BCUT2D eigenvalue weighted by atomic mass is 9.87. The number of hydrogen-bond donors (Lipinski definition) is 1. The monoisotopic (exact) mass is 430 g/mol. The van der Waals surface area contributed by atoms with Crippen molar-refractivity contribution >= 4 is 33.3 Å². The van der Waals surface area contributed by atoms with Gasteiger partial charge in [-0.2, -0.15) is 9.78 Å². The standard InChI is InChI=1S/C24H22N4O2S/c29-22-13-17(16-9-3-5-11-20(16)30-15-7-1-2-8-15)18-14-25-28(23(18)27-22)24-26-19-10-4-6-12-21(19)31-24/h3-6,9-12,14-15,17H,1-2,7-8,13H2,(H,27,29)/t17-/m1/s1. The Morgan fingerprint density at radius 2 is 1.84 bits per heavy atom. The summed E-state index contributed by atoms with van der Waals surface area (Å²) < 4.78 is 9.22. The van der Waals surface area contributed by atoms with Crippen LogP contribution >= 0.6 is 11.3 Å². The Labute approximate surface area is 183 Å². The van der Waals surface area contributed by atoms with E-state index in [1.807, 2.05) is 48.7 Å². The summed E-state index contributed by atoms with van der Waals surface area (Å²) >= 11 is 1.56. The second-order valence-corrected chi connectivity index (χ2v) is 9.20. The van der Waals surface area contributed by atoms with Gasteiger partial charge in [-0.3, -0.25) is 4.79 Å². The fourth-order valence-electron chi connectivity index (χ4n) is 4.65. The first-order valence-corrected chi connectivity index (χ1v) is 11.6. The molecule has 3 heterocycles. The number of carbonyl (C=O) groups excluding carboxylic acids is 1. The van der Waals surface area contributed by atoms with Gasteiger partial charge in [0.05, 0.1) is 22.5 Å². The minimum absolute atomic E-state index is 0.0176. The lowest BCUT2D eigenvalue weighted by Gasteiger charge is -2.26. The van der Waals surface area contributed by atoms with Crippen LogP contribution < -0.4 is 10.1 Å². The first-order chi connectivity index (χ1) is 15.3. The van der Waals surface area contributed by atoms with E-state index in [0.29, 0.717) is 12.2 Å². The quantitative estimate of drug-likeness (QED) is 0.478. The number of carbonyl (C=O) groups is 1. The van der Waals surface area contributed by atoms with Crippen LogP contribution in [0.25, 0.3) is 15.3 Å². The van der Waals surface area contributed by atoms with Crippen LogP contribution in [0.15, 0.2) is 54.7 Å². The summed E-state index contributed by atoms with van der Waals surface area (Å²) in [6, 6.07) is 16.1. The lowest BCUT2D eigenvalue weighted by molar-refractivity contribution is -0.116. The molecule has 1 N–H and O–H groups in total. The molecule has 2 aromatic carbocycles. The fraction of sp³-hybridized carbons (Fsp3) is 0.292. The van der Waals surface area contributed by atoms with Crippen molar-refractivity contribution in [2.75, 3.05) is 5.32 Å². The molecule has 6 nitrogen and oxygen atoms in total. The molecule has 156 valence electrons. The Balaban J connectivity index is 1.41. The van der Waals surface area contributed by atoms with Crippen LogP contribution in [-0.2, 0) is 4.79 Å². The third kappa shape index (κ3) is 3.29. The average Bonchev–Trinajstić information content (AvgIpc) is 3.52. The maximum absolute atomic E-state index is 12.7. The predicted octanol–water partition coefficient (Wildman–Crippen LogP) is 5.28. The van der Waals surface area contributed by atoms with Crippen molar-refractivity contribution in [3.05, 3.63) is 65.9 Å². The van der Waals surface area contributed by atoms with Crippen LogP contribution in [0.5, 0.6) is 5.75 Å². The number of nitrogens with one attached hydrogen (secondary N) is 1. The molecule has 0 bridgehead atoms. The highest BCUT2D eigenvalue weighted by atomic mass is 32.1. The summed E-state index contributed by atoms with van der Waals surface area (Å²) in [4.78, 5) is 17.4. The first-order valence-electron chi connectivity index (χ1n) is 10.8. The molecule has 0 radical (unpaired) electrons. The molecule has 6 rings (SSSR count). The molecule has 1 saturated carbocycles. The molecule has 0 saturated heterocycles. The number of benzene rings is 2. The number of nitrogens with zero attached hydrogens (tertiary/aromatic N) is 3. The third-order valence-corrected chi connectivity index (χ3v) is 7.19. The second kappa shape index (κ2) is 7.50. The highest BCUT2D eigenvalue weighted by Gasteiger charge is 2.33. The molecule has 7 heteroatoms. The van der Waals surface area contributed by atoms with Crippen LogP contribution in [0.3, 0.4) is 0 Å². The molecule has 1 atom stereocenters. The van der Waals surface area contributed by atoms with Crippen LogP contribution in [0.2, 0.25) is 0 Å². The molecule has 1 aliphatic carbocycles. The number of thiazole rings is 1. The molecule has 4 aromatic rings. The smallest absolute Gasteiger partial charge is 0.226 e. The minimum atomic E-state index is -0.0931. The van der Waals surface area contributed by atoms with Crippen LogP contribution in [0.1, 0.15) is 49.1 Å². The average molecular weight is 431 g/mol. The third-order valence-electron chi connectivity index (χ3n) is 6.17. The van der Waals surface area contributed by atoms with Gasteiger partial charge in [0.1, 0.15) is 11.6 Å². The Morgan fingerprint density at radius 3 is 2.71 bits per heavy atom. The molecule has 2 aliphatic rings. The van der Waals surface area contributed by atoms with E-state index in [4.69, 9.17) is 9.72 Å². The van der Waals surface area contributed by atoms with Gasteiger partial charge in [-0.05, 0) is 43.9 Å². The Morgan fingerprint density at radius 1 is 1.03 bits per heavy atom. The zero-order valence-electron chi connectivity index (χ0n) is 17.0. The number of para-hydroxylation sites is 2. The van der Waals surface area contributed by atoms with Gasteiger partial charge in [0.15, 0.2) is 0 Å². The molecule has 0 spiro atoms. The summed E-state index contributed by atoms with van der Waals surface area (Å²) in [7, 11) is 0. The fourth-order valence-corrected chi connectivity index (χ4v) is 5.58. The Kier molecular flexibility index (Phi) is 4.49. The highest BCUT2D eigenvalue weighted by molar-refractivity contribution is 7.20. The molecule has 1 amide bonds.